The van der Waals surface area contributed by atoms with E-state index in [1.165, 1.54) is 11.3 Å². The van der Waals surface area contributed by atoms with E-state index in [1.54, 1.807) is 13.3 Å². The SMILES string of the molecule is CCC(C(=O)Nc1ncc(Cc2ccccc2Cl)s1)c1ccc(OC)cc1. The van der Waals surface area contributed by atoms with Gasteiger partial charge in [0.1, 0.15) is 5.75 Å². The molecule has 0 spiro atoms. The molecule has 27 heavy (non-hydrogen) atoms. The first-order chi connectivity index (χ1) is 13.1. The number of methoxy groups -OCH3 is 1. The van der Waals surface area contributed by atoms with E-state index in [2.05, 4.69) is 10.3 Å². The lowest BCUT2D eigenvalue weighted by Crippen LogP contribution is -2.20. The van der Waals surface area contributed by atoms with Crippen molar-refractivity contribution in [2.75, 3.05) is 12.4 Å². The van der Waals surface area contributed by atoms with Gasteiger partial charge in [-0.2, -0.15) is 0 Å². The molecule has 4 nitrogen and oxygen atoms in total. The molecule has 3 rings (SSSR count). The minimum atomic E-state index is -0.230. The molecule has 2 aromatic carbocycles. The lowest BCUT2D eigenvalue weighted by Gasteiger charge is -2.14. The van der Waals surface area contributed by atoms with Gasteiger partial charge in [-0.05, 0) is 35.7 Å². The van der Waals surface area contributed by atoms with E-state index in [9.17, 15) is 4.79 Å². The predicted molar refractivity (Wildman–Crippen MR) is 111 cm³/mol. The lowest BCUT2D eigenvalue weighted by atomic mass is 9.95. The molecule has 1 aromatic heterocycles. The molecule has 0 aliphatic rings. The quantitative estimate of drug-likeness (QED) is 0.567. The van der Waals surface area contributed by atoms with Gasteiger partial charge in [-0.25, -0.2) is 4.98 Å². The van der Waals surface area contributed by atoms with Crippen LogP contribution < -0.4 is 10.1 Å². The summed E-state index contributed by atoms with van der Waals surface area (Å²) >= 11 is 7.69. The van der Waals surface area contributed by atoms with Gasteiger partial charge < -0.3 is 10.1 Å². The molecule has 0 fully saturated rings. The van der Waals surface area contributed by atoms with Crippen molar-refractivity contribution in [3.05, 3.63) is 75.8 Å². The van der Waals surface area contributed by atoms with Crippen LogP contribution in [0.5, 0.6) is 5.75 Å². The number of carbonyl (C=O) groups excluding carboxylic acids is 1. The second-order valence-electron chi connectivity index (χ2n) is 6.12. The van der Waals surface area contributed by atoms with Gasteiger partial charge in [0.15, 0.2) is 5.13 Å². The summed E-state index contributed by atoms with van der Waals surface area (Å²) in [5.74, 6) is 0.492. The number of hydrogen-bond acceptors (Lipinski definition) is 4. The highest BCUT2D eigenvalue weighted by atomic mass is 35.5. The molecule has 1 heterocycles. The van der Waals surface area contributed by atoms with Crippen LogP contribution in [0.15, 0.2) is 54.7 Å². The first kappa shape index (κ1) is 19.4. The first-order valence-corrected chi connectivity index (χ1v) is 9.93. The van der Waals surface area contributed by atoms with E-state index >= 15 is 0 Å². The van der Waals surface area contributed by atoms with Crippen LogP contribution in [-0.2, 0) is 11.2 Å². The van der Waals surface area contributed by atoms with Crippen LogP contribution in [0.3, 0.4) is 0 Å². The molecule has 1 atom stereocenters. The third-order valence-corrected chi connectivity index (χ3v) is 5.63. The number of ether oxygens (including phenoxy) is 1. The maximum atomic E-state index is 12.7. The third-order valence-electron chi connectivity index (χ3n) is 4.35. The Balaban J connectivity index is 1.68. The molecule has 1 amide bonds. The van der Waals surface area contributed by atoms with Gasteiger partial charge in [0.05, 0.1) is 13.0 Å². The summed E-state index contributed by atoms with van der Waals surface area (Å²) in [7, 11) is 1.63. The molecule has 6 heteroatoms. The van der Waals surface area contributed by atoms with Crippen LogP contribution in [0.4, 0.5) is 5.13 Å². The van der Waals surface area contributed by atoms with Gasteiger partial charge in [0.2, 0.25) is 5.91 Å². The second-order valence-corrected chi connectivity index (χ2v) is 7.65. The Kier molecular flexibility index (Phi) is 6.48. The summed E-state index contributed by atoms with van der Waals surface area (Å²) in [4.78, 5) is 18.1. The minimum absolute atomic E-state index is 0.0543. The third kappa shape index (κ3) is 4.87. The molecular weight excluding hydrogens is 380 g/mol. The van der Waals surface area contributed by atoms with Crippen molar-refractivity contribution in [2.24, 2.45) is 0 Å². The number of thiazole rings is 1. The summed E-state index contributed by atoms with van der Waals surface area (Å²) < 4.78 is 5.18. The molecule has 0 aliphatic carbocycles. The van der Waals surface area contributed by atoms with E-state index in [-0.39, 0.29) is 11.8 Å². The Morgan fingerprint density at radius 1 is 1.22 bits per heavy atom. The number of benzene rings is 2. The first-order valence-electron chi connectivity index (χ1n) is 8.73. The summed E-state index contributed by atoms with van der Waals surface area (Å²) in [6, 6.07) is 15.3. The Morgan fingerprint density at radius 2 is 1.96 bits per heavy atom. The van der Waals surface area contributed by atoms with Gasteiger partial charge >= 0.3 is 0 Å². The van der Waals surface area contributed by atoms with Crippen molar-refractivity contribution >= 4 is 34.0 Å². The van der Waals surface area contributed by atoms with Gasteiger partial charge in [-0.1, -0.05) is 48.9 Å². The highest BCUT2D eigenvalue weighted by molar-refractivity contribution is 7.15. The van der Waals surface area contributed by atoms with Crippen LogP contribution in [0.25, 0.3) is 0 Å². The highest BCUT2D eigenvalue weighted by Crippen LogP contribution is 2.27. The van der Waals surface area contributed by atoms with Gasteiger partial charge in [-0.3, -0.25) is 4.79 Å². The van der Waals surface area contributed by atoms with E-state index in [4.69, 9.17) is 16.3 Å². The summed E-state index contributed by atoms with van der Waals surface area (Å²) in [5, 5.41) is 4.29. The fourth-order valence-corrected chi connectivity index (χ4v) is 3.92. The fraction of sp³-hybridized carbons (Fsp3) is 0.238. The molecule has 0 saturated heterocycles. The van der Waals surface area contributed by atoms with Crippen LogP contribution in [0, 0.1) is 0 Å². The molecule has 0 radical (unpaired) electrons. The topological polar surface area (TPSA) is 51.2 Å². The standard InChI is InChI=1S/C21H21ClN2O2S/c1-3-18(14-8-10-16(26-2)11-9-14)20(25)24-21-23-13-17(27-21)12-15-6-4-5-7-19(15)22/h4-11,13,18H,3,12H2,1-2H3,(H,23,24,25). The second kappa shape index (κ2) is 9.02. The van der Waals surface area contributed by atoms with Gasteiger partial charge in [0.25, 0.3) is 0 Å². The predicted octanol–water partition coefficient (Wildman–Crippen LogP) is 5.53. The molecule has 0 aliphatic heterocycles. The van der Waals surface area contributed by atoms with E-state index < -0.39 is 0 Å². The maximum absolute atomic E-state index is 12.7. The smallest absolute Gasteiger partial charge is 0.233 e. The molecule has 3 aromatic rings. The lowest BCUT2D eigenvalue weighted by molar-refractivity contribution is -0.117. The van der Waals surface area contributed by atoms with Crippen LogP contribution in [-0.4, -0.2) is 18.0 Å². The average molecular weight is 401 g/mol. The fourth-order valence-electron chi connectivity index (χ4n) is 2.88. The van der Waals surface area contributed by atoms with Crippen LogP contribution in [0.1, 0.15) is 35.3 Å². The van der Waals surface area contributed by atoms with Crippen molar-refractivity contribution in [1.29, 1.82) is 0 Å². The Hall–Kier alpha value is -2.37. The number of nitrogens with one attached hydrogen (secondary N) is 1. The zero-order valence-corrected chi connectivity index (χ0v) is 16.8. The number of anilines is 1. The monoisotopic (exact) mass is 400 g/mol. The zero-order chi connectivity index (χ0) is 19.2. The van der Waals surface area contributed by atoms with Crippen molar-refractivity contribution < 1.29 is 9.53 Å². The van der Waals surface area contributed by atoms with Crippen LogP contribution in [0.2, 0.25) is 5.02 Å². The molecule has 1 unspecified atom stereocenters. The average Bonchev–Trinajstić information content (AvgIpc) is 3.11. The number of nitrogens with zero attached hydrogens (tertiary/aromatic N) is 1. The molecule has 0 bridgehead atoms. The molecule has 140 valence electrons. The number of aromatic nitrogens is 1. The number of hydrogen-bond donors (Lipinski definition) is 1. The van der Waals surface area contributed by atoms with Crippen molar-refractivity contribution in [2.45, 2.75) is 25.7 Å². The number of halogens is 1. The molecule has 0 saturated carbocycles. The van der Waals surface area contributed by atoms with E-state index in [0.717, 1.165) is 26.8 Å². The van der Waals surface area contributed by atoms with Gasteiger partial charge in [0, 0.05) is 22.5 Å². The molecule has 1 N–H and O–H groups in total. The number of rotatable bonds is 7. The maximum Gasteiger partial charge on any atom is 0.233 e. The van der Waals surface area contributed by atoms with Gasteiger partial charge in [-0.15, -0.1) is 11.3 Å². The largest absolute Gasteiger partial charge is 0.497 e. The minimum Gasteiger partial charge on any atom is -0.497 e. The Labute approximate surface area is 168 Å². The number of carbonyl (C=O) groups is 1. The van der Waals surface area contributed by atoms with Crippen molar-refractivity contribution in [3.63, 3.8) is 0 Å². The highest BCUT2D eigenvalue weighted by Gasteiger charge is 2.20. The van der Waals surface area contributed by atoms with Crippen LogP contribution >= 0.6 is 22.9 Å². The Bertz CT molecular complexity index is 909. The Morgan fingerprint density at radius 3 is 2.63 bits per heavy atom. The number of amides is 1. The van der Waals surface area contributed by atoms with E-state index in [1.807, 2.05) is 55.5 Å². The zero-order valence-electron chi connectivity index (χ0n) is 15.2. The molecular formula is C21H21ClN2O2S. The van der Waals surface area contributed by atoms with E-state index in [0.29, 0.717) is 18.0 Å². The summed E-state index contributed by atoms with van der Waals surface area (Å²) in [6.45, 7) is 2.00. The summed E-state index contributed by atoms with van der Waals surface area (Å²) in [6.07, 6.45) is 3.19. The van der Waals surface area contributed by atoms with Crippen molar-refractivity contribution in [1.82, 2.24) is 4.98 Å². The van der Waals surface area contributed by atoms with Crippen molar-refractivity contribution in [3.8, 4) is 5.75 Å². The summed E-state index contributed by atoms with van der Waals surface area (Å²) in [5.41, 5.74) is 2.01. The normalized spacial score (nSPS) is 11.8.